The highest BCUT2D eigenvalue weighted by atomic mass is 79.9. The Kier molecular flexibility index (Phi) is 2.68. The van der Waals surface area contributed by atoms with E-state index in [9.17, 15) is 4.39 Å². The number of hydrogen-bond acceptors (Lipinski definition) is 1. The average Bonchev–Trinajstić information content (AvgIpc) is 2.51. The molecule has 3 heteroatoms. The van der Waals surface area contributed by atoms with Gasteiger partial charge in [0.05, 0.1) is 0 Å². The van der Waals surface area contributed by atoms with Gasteiger partial charge in [-0.3, -0.25) is 4.99 Å². The van der Waals surface area contributed by atoms with E-state index in [1.165, 1.54) is 12.1 Å². The van der Waals surface area contributed by atoms with Gasteiger partial charge in [-0.15, -0.1) is 0 Å². The summed E-state index contributed by atoms with van der Waals surface area (Å²) in [7, 11) is 0. The number of halogens is 2. The molecule has 74 valence electrons. The van der Waals surface area contributed by atoms with Crippen LogP contribution in [0.4, 0.5) is 4.39 Å². The maximum atomic E-state index is 12.8. The standard InChI is InChI=1S/C11H11BrFN/c1-7-2-5-11(14-7)9-4-3-8(13)6-10(9)12/h3-4,6-7H,2,5H2,1H3. The first-order valence-electron chi connectivity index (χ1n) is 4.69. The smallest absolute Gasteiger partial charge is 0.124 e. The molecule has 0 N–H and O–H groups in total. The van der Waals surface area contributed by atoms with Crippen molar-refractivity contribution < 1.29 is 4.39 Å². The average molecular weight is 256 g/mol. The number of aliphatic imine (C=N–C) groups is 1. The van der Waals surface area contributed by atoms with Crippen LogP contribution < -0.4 is 0 Å². The molecule has 0 amide bonds. The van der Waals surface area contributed by atoms with Gasteiger partial charge in [-0.1, -0.05) is 15.9 Å². The quantitative estimate of drug-likeness (QED) is 0.728. The van der Waals surface area contributed by atoms with Gasteiger partial charge in [0.25, 0.3) is 0 Å². The lowest BCUT2D eigenvalue weighted by molar-refractivity contribution is 0.627. The summed E-state index contributed by atoms with van der Waals surface area (Å²) in [4.78, 5) is 4.51. The van der Waals surface area contributed by atoms with E-state index < -0.39 is 0 Å². The molecule has 0 aromatic heterocycles. The Hall–Kier alpha value is -0.700. The fourth-order valence-corrected chi connectivity index (χ4v) is 2.25. The molecule has 0 spiro atoms. The van der Waals surface area contributed by atoms with Crippen molar-refractivity contribution in [2.45, 2.75) is 25.8 Å². The summed E-state index contributed by atoms with van der Waals surface area (Å²) in [5.74, 6) is -0.215. The molecule has 0 bridgehead atoms. The molecule has 1 aliphatic rings. The largest absolute Gasteiger partial charge is 0.286 e. The molecule has 1 heterocycles. The van der Waals surface area contributed by atoms with Gasteiger partial charge >= 0.3 is 0 Å². The lowest BCUT2D eigenvalue weighted by Gasteiger charge is -2.03. The number of rotatable bonds is 1. The lowest BCUT2D eigenvalue weighted by Crippen LogP contribution is -1.97. The molecular weight excluding hydrogens is 245 g/mol. The van der Waals surface area contributed by atoms with Gasteiger partial charge in [0, 0.05) is 21.8 Å². The molecule has 0 saturated carbocycles. The molecule has 1 aromatic rings. The number of benzene rings is 1. The van der Waals surface area contributed by atoms with E-state index >= 15 is 0 Å². The summed E-state index contributed by atoms with van der Waals surface area (Å²) in [5, 5.41) is 0. The van der Waals surface area contributed by atoms with Crippen LogP contribution in [-0.4, -0.2) is 11.8 Å². The van der Waals surface area contributed by atoms with Gasteiger partial charge in [-0.05, 0) is 38.0 Å². The summed E-state index contributed by atoms with van der Waals surface area (Å²) < 4.78 is 13.6. The molecule has 1 aromatic carbocycles. The van der Waals surface area contributed by atoms with Gasteiger partial charge in [0.2, 0.25) is 0 Å². The summed E-state index contributed by atoms with van der Waals surface area (Å²) in [6, 6.07) is 5.16. The highest BCUT2D eigenvalue weighted by Gasteiger charge is 2.16. The van der Waals surface area contributed by atoms with E-state index in [1.54, 1.807) is 6.07 Å². The van der Waals surface area contributed by atoms with Crippen LogP contribution in [0.5, 0.6) is 0 Å². The Morgan fingerprint density at radius 3 is 2.86 bits per heavy atom. The van der Waals surface area contributed by atoms with Crippen molar-refractivity contribution in [1.82, 2.24) is 0 Å². The SMILES string of the molecule is CC1CCC(c2ccc(F)cc2Br)=N1. The summed E-state index contributed by atoms with van der Waals surface area (Å²) in [6.07, 6.45) is 2.09. The highest BCUT2D eigenvalue weighted by Crippen LogP contribution is 2.24. The fraction of sp³-hybridized carbons (Fsp3) is 0.364. The van der Waals surface area contributed by atoms with E-state index in [1.807, 2.05) is 0 Å². The summed E-state index contributed by atoms with van der Waals surface area (Å²) in [6.45, 7) is 2.10. The van der Waals surface area contributed by atoms with E-state index in [0.29, 0.717) is 6.04 Å². The Balaban J connectivity index is 2.37. The zero-order chi connectivity index (χ0) is 10.1. The Labute approximate surface area is 91.2 Å². The van der Waals surface area contributed by atoms with Crippen molar-refractivity contribution in [3.8, 4) is 0 Å². The van der Waals surface area contributed by atoms with Gasteiger partial charge in [-0.25, -0.2) is 4.39 Å². The van der Waals surface area contributed by atoms with Crippen molar-refractivity contribution in [3.05, 3.63) is 34.1 Å². The Bertz CT molecular complexity index is 387. The molecule has 2 rings (SSSR count). The van der Waals surface area contributed by atoms with Crippen LogP contribution in [0.2, 0.25) is 0 Å². The molecule has 0 fully saturated rings. The van der Waals surface area contributed by atoms with E-state index in [4.69, 9.17) is 0 Å². The first-order valence-corrected chi connectivity index (χ1v) is 5.48. The molecule has 0 aliphatic carbocycles. The molecule has 1 unspecified atom stereocenters. The minimum atomic E-state index is -0.215. The maximum absolute atomic E-state index is 12.8. The fourth-order valence-electron chi connectivity index (χ4n) is 1.67. The van der Waals surface area contributed by atoms with Gasteiger partial charge < -0.3 is 0 Å². The first-order chi connectivity index (χ1) is 6.66. The van der Waals surface area contributed by atoms with Gasteiger partial charge in [-0.2, -0.15) is 0 Å². The van der Waals surface area contributed by atoms with Crippen LogP contribution >= 0.6 is 15.9 Å². The van der Waals surface area contributed by atoms with Gasteiger partial charge in [0.1, 0.15) is 5.82 Å². The predicted octanol–water partition coefficient (Wildman–Crippen LogP) is 3.56. The minimum absolute atomic E-state index is 0.215. The second-order valence-corrected chi connectivity index (χ2v) is 4.44. The molecule has 1 aliphatic heterocycles. The van der Waals surface area contributed by atoms with Crippen molar-refractivity contribution in [2.75, 3.05) is 0 Å². The van der Waals surface area contributed by atoms with Crippen molar-refractivity contribution in [3.63, 3.8) is 0 Å². The van der Waals surface area contributed by atoms with E-state index in [-0.39, 0.29) is 5.82 Å². The third kappa shape index (κ3) is 1.87. The second-order valence-electron chi connectivity index (χ2n) is 3.59. The minimum Gasteiger partial charge on any atom is -0.286 e. The van der Waals surface area contributed by atoms with Crippen LogP contribution in [0.25, 0.3) is 0 Å². The Morgan fingerprint density at radius 1 is 1.50 bits per heavy atom. The molecular formula is C11H11BrFN. The lowest BCUT2D eigenvalue weighted by atomic mass is 10.1. The molecule has 0 radical (unpaired) electrons. The molecule has 1 nitrogen and oxygen atoms in total. The second kappa shape index (κ2) is 3.81. The first kappa shape index (κ1) is 9.84. The van der Waals surface area contributed by atoms with E-state index in [0.717, 1.165) is 28.6 Å². The normalized spacial score (nSPS) is 21.1. The van der Waals surface area contributed by atoms with Gasteiger partial charge in [0.15, 0.2) is 0 Å². The molecule has 14 heavy (non-hydrogen) atoms. The Morgan fingerprint density at radius 2 is 2.29 bits per heavy atom. The van der Waals surface area contributed by atoms with E-state index in [2.05, 4.69) is 27.8 Å². The zero-order valence-corrected chi connectivity index (χ0v) is 9.51. The van der Waals surface area contributed by atoms with Crippen molar-refractivity contribution in [2.24, 2.45) is 4.99 Å². The third-order valence-corrected chi connectivity index (χ3v) is 3.07. The van der Waals surface area contributed by atoms with Crippen molar-refractivity contribution in [1.29, 1.82) is 0 Å². The molecule has 0 saturated heterocycles. The zero-order valence-electron chi connectivity index (χ0n) is 7.93. The van der Waals surface area contributed by atoms with Crippen molar-refractivity contribution >= 4 is 21.6 Å². The molecule has 1 atom stereocenters. The summed E-state index contributed by atoms with van der Waals surface area (Å²) >= 11 is 3.36. The van der Waals surface area contributed by atoms with Crippen LogP contribution in [0, 0.1) is 5.82 Å². The maximum Gasteiger partial charge on any atom is 0.124 e. The third-order valence-electron chi connectivity index (χ3n) is 2.42. The van der Waals surface area contributed by atoms with Crippen LogP contribution in [0.1, 0.15) is 25.3 Å². The highest BCUT2D eigenvalue weighted by molar-refractivity contribution is 9.10. The number of nitrogens with zero attached hydrogens (tertiary/aromatic N) is 1. The summed E-state index contributed by atoms with van der Waals surface area (Å²) in [5.41, 5.74) is 2.11. The topological polar surface area (TPSA) is 12.4 Å². The predicted molar refractivity (Wildman–Crippen MR) is 59.3 cm³/mol. The van der Waals surface area contributed by atoms with Crippen LogP contribution in [0.3, 0.4) is 0 Å². The van der Waals surface area contributed by atoms with Crippen LogP contribution in [-0.2, 0) is 0 Å². The van der Waals surface area contributed by atoms with Crippen LogP contribution in [0.15, 0.2) is 27.7 Å². The monoisotopic (exact) mass is 255 g/mol. The number of hydrogen-bond donors (Lipinski definition) is 0.